The smallest absolute Gasteiger partial charge is 1.00 e. The van der Waals surface area contributed by atoms with Crippen molar-refractivity contribution in [2.24, 2.45) is 0 Å². The second kappa shape index (κ2) is 28.9. The minimum Gasteiger partial charge on any atom is -1.00 e. The molecule has 0 aliphatic heterocycles. The van der Waals surface area contributed by atoms with Gasteiger partial charge in [-0.25, -0.2) is 0 Å². The van der Waals surface area contributed by atoms with Gasteiger partial charge in [-0.15, -0.1) is 44.8 Å². The zero-order valence-corrected chi connectivity index (χ0v) is 58.3. The number of rotatable bonds is 12. The molecule has 436 valence electrons. The van der Waals surface area contributed by atoms with Crippen molar-refractivity contribution in [3.8, 4) is 44.5 Å². The van der Waals surface area contributed by atoms with Crippen molar-refractivity contribution in [2.45, 2.75) is 169 Å². The molecule has 0 fully saturated rings. The molecule has 0 heterocycles. The van der Waals surface area contributed by atoms with Gasteiger partial charge in [0.15, 0.2) is 0 Å². The van der Waals surface area contributed by atoms with E-state index in [0.29, 0.717) is 11.8 Å². The normalized spacial score (nSPS) is 12.5. The summed E-state index contributed by atoms with van der Waals surface area (Å²) < 4.78 is 0. The molecule has 2 atom stereocenters. The molecule has 0 aliphatic carbocycles. The Hall–Kier alpha value is -5.34. The summed E-state index contributed by atoms with van der Waals surface area (Å²) in [6, 6.07) is 78.0. The molecule has 4 heteroatoms. The Labute approximate surface area is 535 Å². The number of benzene rings is 8. The molecule has 0 saturated carbocycles. The third-order valence-corrected chi connectivity index (χ3v) is 16.6. The maximum atomic E-state index is 2.46. The van der Waals surface area contributed by atoms with Crippen molar-refractivity contribution in [1.29, 1.82) is 0 Å². The van der Waals surface area contributed by atoms with Crippen LogP contribution in [0.2, 0.25) is 13.1 Å². The molecule has 2 unspecified atom stereocenters. The molecule has 0 N–H and O–H groups in total. The molecular weight excluding hydrogens is 1150 g/mol. The number of fused-ring (bicyclic) bond motifs is 2. The molecule has 10 rings (SSSR count). The van der Waals surface area contributed by atoms with E-state index < -0.39 is 0 Å². The topological polar surface area (TPSA) is 0 Å². The van der Waals surface area contributed by atoms with Crippen LogP contribution < -0.4 is 24.8 Å². The number of halogens is 2. The Bertz CT molecular complexity index is 3250. The summed E-state index contributed by atoms with van der Waals surface area (Å²) in [4.78, 5) is 0. The van der Waals surface area contributed by atoms with E-state index in [9.17, 15) is 0 Å². The first-order chi connectivity index (χ1) is 38.8. The van der Waals surface area contributed by atoms with Crippen LogP contribution in [-0.2, 0) is 57.8 Å². The summed E-state index contributed by atoms with van der Waals surface area (Å²) in [7, 11) is 0. The van der Waals surface area contributed by atoms with Gasteiger partial charge < -0.3 is 24.8 Å². The Morgan fingerprint density at radius 2 is 0.595 bits per heavy atom. The average Bonchev–Trinajstić information content (AvgIpc) is 3.96. The third-order valence-electron chi connectivity index (χ3n) is 16.6. The van der Waals surface area contributed by atoms with Crippen LogP contribution in [0.1, 0.15) is 166 Å². The Kier molecular flexibility index (Phi) is 23.3. The largest absolute Gasteiger partial charge is 1.00 e. The SMILES string of the molecule is CCC(Cc1cc2c(-c3ccc(C(C)(C)C)cc3)ccc(-c3ccc(C(C)(C)C)cc3)c2[cH-]1)c1ccccc1.CCC(Cc1cc2c(-c3ccc(C(C)(C)C)cc3)ccc(-c3ccc(C(C)(C)C)cc3)c2[cH-]1)c1ccccc1.C[Si](C)=[Zr+2].[Cl-].[Cl-]. The van der Waals surface area contributed by atoms with Crippen LogP contribution in [0.3, 0.4) is 0 Å². The van der Waals surface area contributed by atoms with Crippen LogP contribution in [-0.4, -0.2) is 5.43 Å². The van der Waals surface area contributed by atoms with Gasteiger partial charge in [-0.2, -0.15) is 12.1 Å². The number of hydrogen-bond acceptors (Lipinski definition) is 0. The molecule has 0 nitrogen and oxygen atoms in total. The molecule has 84 heavy (non-hydrogen) atoms. The summed E-state index contributed by atoms with van der Waals surface area (Å²) in [5, 5.41) is 5.42. The molecule has 10 aromatic rings. The summed E-state index contributed by atoms with van der Waals surface area (Å²) >= 11 is 1.74. The van der Waals surface area contributed by atoms with Crippen LogP contribution in [0.25, 0.3) is 66.1 Å². The van der Waals surface area contributed by atoms with Gasteiger partial charge >= 0.3 is 41.9 Å². The summed E-state index contributed by atoms with van der Waals surface area (Å²) in [6.45, 7) is 36.6. The van der Waals surface area contributed by atoms with Gasteiger partial charge in [0, 0.05) is 0 Å². The molecule has 0 aliphatic rings. The van der Waals surface area contributed by atoms with Crippen molar-refractivity contribution >= 4 is 27.0 Å². The average molecular weight is 1240 g/mol. The van der Waals surface area contributed by atoms with Gasteiger partial charge in [0.25, 0.3) is 0 Å². The van der Waals surface area contributed by atoms with E-state index >= 15 is 0 Å². The first kappa shape index (κ1) is 67.8. The van der Waals surface area contributed by atoms with Crippen LogP contribution in [0, 0.1) is 0 Å². The summed E-state index contributed by atoms with van der Waals surface area (Å²) in [5.41, 5.74) is 22.4. The zero-order chi connectivity index (χ0) is 59.1. The standard InChI is InChI=1S/2C39H43.C2H6Si.2ClH.Zr/c2*1-8-28(29-12-10-9-11-13-29)24-27-25-36-34(30-14-18-32(19-15-30)38(2,3)4)22-23-35(37(36)26-27)31-16-20-33(21-17-31)39(5,6)7;1-3-2;;;/h2*9-23,25-26,28H,8,24H2,1-7H3;1-2H3;2*1H;/q2*-1;;;;+2/p-2. The second-order valence-electron chi connectivity index (χ2n) is 27.5. The van der Waals surface area contributed by atoms with Crippen LogP contribution in [0.15, 0.2) is 206 Å². The summed E-state index contributed by atoms with van der Waals surface area (Å²) in [5.74, 6) is 1.04. The van der Waals surface area contributed by atoms with Crippen LogP contribution in [0.4, 0.5) is 0 Å². The van der Waals surface area contributed by atoms with Crippen molar-refractivity contribution in [1.82, 2.24) is 0 Å². The van der Waals surface area contributed by atoms with Crippen molar-refractivity contribution in [3.05, 3.63) is 251 Å². The molecule has 0 bridgehead atoms. The van der Waals surface area contributed by atoms with Gasteiger partial charge in [-0.1, -0.05) is 312 Å². The van der Waals surface area contributed by atoms with E-state index in [0.717, 1.165) is 25.7 Å². The molecule has 0 amide bonds. The van der Waals surface area contributed by atoms with Crippen molar-refractivity contribution in [2.75, 3.05) is 0 Å². The minimum atomic E-state index is 0. The fourth-order valence-corrected chi connectivity index (χ4v) is 11.6. The van der Waals surface area contributed by atoms with E-state index in [-0.39, 0.29) is 51.9 Å². The van der Waals surface area contributed by atoms with Gasteiger partial charge in [-0.05, 0) is 104 Å². The first-order valence-electron chi connectivity index (χ1n) is 30.3. The molecule has 0 aromatic heterocycles. The number of hydrogen-bond donors (Lipinski definition) is 0. The fraction of sp³-hybridized carbons (Fsp3) is 0.325. The van der Waals surface area contributed by atoms with E-state index in [1.165, 1.54) is 111 Å². The molecular formula is C80H92Cl2SiZr-2. The Morgan fingerprint density at radius 1 is 0.357 bits per heavy atom. The quantitative estimate of drug-likeness (QED) is 0.0845. The van der Waals surface area contributed by atoms with Gasteiger partial charge in [0.2, 0.25) is 0 Å². The van der Waals surface area contributed by atoms with Crippen molar-refractivity contribution in [3.63, 3.8) is 0 Å². The second-order valence-corrected chi connectivity index (χ2v) is 36.8. The van der Waals surface area contributed by atoms with Gasteiger partial charge in [-0.3, -0.25) is 0 Å². The third kappa shape index (κ3) is 17.0. The first-order valence-corrected chi connectivity index (χ1v) is 36.5. The minimum absolute atomic E-state index is 0. The summed E-state index contributed by atoms with van der Waals surface area (Å²) in [6.07, 6.45) is 4.38. The van der Waals surface area contributed by atoms with Crippen LogP contribution in [0.5, 0.6) is 0 Å². The Morgan fingerprint density at radius 3 is 0.833 bits per heavy atom. The maximum Gasteiger partial charge on any atom is -1.00 e. The Balaban J connectivity index is 0.000000248. The van der Waals surface area contributed by atoms with E-state index in [2.05, 4.69) is 316 Å². The molecule has 10 aromatic carbocycles. The molecule has 0 spiro atoms. The fourth-order valence-electron chi connectivity index (χ4n) is 11.6. The predicted molar refractivity (Wildman–Crippen MR) is 359 cm³/mol. The van der Waals surface area contributed by atoms with E-state index in [1.807, 2.05) is 0 Å². The monoisotopic (exact) mass is 1240 g/mol. The predicted octanol–water partition coefficient (Wildman–Crippen LogP) is 17.2. The van der Waals surface area contributed by atoms with E-state index in [4.69, 9.17) is 0 Å². The van der Waals surface area contributed by atoms with E-state index in [1.54, 1.807) is 23.3 Å². The van der Waals surface area contributed by atoms with Gasteiger partial charge in [0.05, 0.1) is 0 Å². The van der Waals surface area contributed by atoms with Gasteiger partial charge in [0.1, 0.15) is 0 Å². The molecule has 0 saturated heterocycles. The van der Waals surface area contributed by atoms with Crippen molar-refractivity contribution < 1.29 is 48.1 Å². The molecule has 0 radical (unpaired) electrons. The zero-order valence-electron chi connectivity index (χ0n) is 53.4. The maximum absolute atomic E-state index is 2.46. The van der Waals surface area contributed by atoms with Crippen LogP contribution >= 0.6 is 0 Å².